The number of aromatic hydroxyl groups is 1. The van der Waals surface area contributed by atoms with E-state index in [9.17, 15) is 9.90 Å². The van der Waals surface area contributed by atoms with Crippen LogP contribution in [-0.2, 0) is 0 Å². The van der Waals surface area contributed by atoms with Gasteiger partial charge in [0.2, 0.25) is 0 Å². The number of aromatic nitrogens is 3. The van der Waals surface area contributed by atoms with Gasteiger partial charge in [0.05, 0.1) is 23.8 Å². The molecule has 1 aliphatic rings. The van der Waals surface area contributed by atoms with Gasteiger partial charge in [-0.05, 0) is 35.9 Å². The Kier molecular flexibility index (Phi) is 5.97. The number of carbonyl (C=O) groups excluding carboxylic acids is 1. The summed E-state index contributed by atoms with van der Waals surface area (Å²) in [6.07, 6.45) is 5.48. The Hall–Kier alpha value is -4.17. The highest BCUT2D eigenvalue weighted by atomic mass is 16.5. The Morgan fingerprint density at radius 1 is 1.09 bits per heavy atom. The van der Waals surface area contributed by atoms with Crippen molar-refractivity contribution >= 4 is 29.1 Å². The molecule has 1 fully saturated rings. The Morgan fingerprint density at radius 3 is 2.62 bits per heavy atom. The van der Waals surface area contributed by atoms with Crippen molar-refractivity contribution in [2.45, 2.75) is 0 Å². The van der Waals surface area contributed by atoms with E-state index in [-0.39, 0.29) is 11.7 Å². The number of carbonyl (C=O) groups is 1. The summed E-state index contributed by atoms with van der Waals surface area (Å²) in [5, 5.41) is 21.2. The molecular weight excluding hydrogens is 430 g/mol. The molecule has 3 N–H and O–H groups in total. The number of aromatic amines is 1. The van der Waals surface area contributed by atoms with Gasteiger partial charge in [0.25, 0.3) is 5.91 Å². The number of hydrogen-bond acceptors (Lipinski definition) is 6. The first-order valence-corrected chi connectivity index (χ1v) is 11.1. The molecule has 2 aromatic carbocycles. The highest BCUT2D eigenvalue weighted by Crippen LogP contribution is 2.33. The molecular formula is C26H25N5O3. The van der Waals surface area contributed by atoms with Crippen LogP contribution in [0.15, 0.2) is 54.7 Å². The maximum atomic E-state index is 13.8. The molecule has 0 bridgehead atoms. The second-order valence-electron chi connectivity index (χ2n) is 8.04. The molecule has 1 aliphatic heterocycles. The van der Waals surface area contributed by atoms with Crippen LogP contribution in [0.5, 0.6) is 11.5 Å². The maximum Gasteiger partial charge on any atom is 0.255 e. The lowest BCUT2D eigenvalue weighted by molar-refractivity contribution is 0.0738. The molecule has 4 aromatic rings. The Labute approximate surface area is 196 Å². The minimum Gasteiger partial charge on any atom is -0.508 e. The molecule has 1 amide bonds. The van der Waals surface area contributed by atoms with Crippen molar-refractivity contribution in [2.24, 2.45) is 0 Å². The number of H-pyrrole nitrogens is 1. The third-order valence-electron chi connectivity index (χ3n) is 5.97. The minimum absolute atomic E-state index is 0.0645. The zero-order valence-corrected chi connectivity index (χ0v) is 18.8. The van der Waals surface area contributed by atoms with E-state index >= 15 is 0 Å². The molecule has 8 nitrogen and oxygen atoms in total. The Balaban J connectivity index is 1.67. The summed E-state index contributed by atoms with van der Waals surface area (Å²) < 4.78 is 5.45. The second-order valence-corrected chi connectivity index (χ2v) is 8.04. The van der Waals surface area contributed by atoms with Crippen molar-refractivity contribution in [1.82, 2.24) is 25.4 Å². The number of nitrogens with one attached hydrogen (secondary N) is 2. The fraction of sp³-hybridized carbons (Fsp3) is 0.192. The van der Waals surface area contributed by atoms with Crippen molar-refractivity contribution < 1.29 is 14.6 Å². The molecule has 0 unspecified atom stereocenters. The fourth-order valence-corrected chi connectivity index (χ4v) is 4.22. The fourth-order valence-electron chi connectivity index (χ4n) is 4.22. The third kappa shape index (κ3) is 4.11. The van der Waals surface area contributed by atoms with E-state index in [1.807, 2.05) is 41.3 Å². The number of nitrogens with zero attached hydrogens (tertiary/aromatic N) is 3. The van der Waals surface area contributed by atoms with Crippen LogP contribution < -0.4 is 10.1 Å². The number of pyridine rings is 1. The van der Waals surface area contributed by atoms with Gasteiger partial charge in [-0.1, -0.05) is 30.3 Å². The number of hydrogen-bond donors (Lipinski definition) is 3. The number of rotatable bonds is 5. The topological polar surface area (TPSA) is 103 Å². The lowest BCUT2D eigenvalue weighted by Gasteiger charge is -2.28. The first-order valence-electron chi connectivity index (χ1n) is 11.1. The van der Waals surface area contributed by atoms with Gasteiger partial charge in [-0.25, -0.2) is 4.98 Å². The number of piperazine rings is 1. The van der Waals surface area contributed by atoms with Crippen molar-refractivity contribution in [3.8, 4) is 22.6 Å². The van der Waals surface area contributed by atoms with E-state index in [2.05, 4.69) is 20.5 Å². The number of para-hydroxylation sites is 1. The number of methoxy groups -OCH3 is 1. The average Bonchev–Trinajstić information content (AvgIpc) is 3.31. The van der Waals surface area contributed by atoms with Crippen LogP contribution in [0.4, 0.5) is 0 Å². The number of amides is 1. The lowest BCUT2D eigenvalue weighted by Crippen LogP contribution is -2.46. The first-order chi connectivity index (χ1) is 16.7. The van der Waals surface area contributed by atoms with Gasteiger partial charge < -0.3 is 20.1 Å². The SMILES string of the molecule is COc1ccccc1/C=C/c1n[nH]c2ncc(-c3ccc(O)cc3)c(C(=O)N3CCNCC3)c12. The molecule has 0 saturated carbocycles. The highest BCUT2D eigenvalue weighted by molar-refractivity contribution is 6.13. The smallest absolute Gasteiger partial charge is 0.255 e. The van der Waals surface area contributed by atoms with Crippen LogP contribution in [-0.4, -0.2) is 64.4 Å². The monoisotopic (exact) mass is 455 g/mol. The largest absolute Gasteiger partial charge is 0.508 e. The summed E-state index contributed by atoms with van der Waals surface area (Å²) >= 11 is 0. The Morgan fingerprint density at radius 2 is 1.85 bits per heavy atom. The predicted octanol–water partition coefficient (Wildman–Crippen LogP) is 3.55. The second kappa shape index (κ2) is 9.36. The van der Waals surface area contributed by atoms with Gasteiger partial charge in [0.1, 0.15) is 11.5 Å². The number of phenolic OH excluding ortho intramolecular Hbond substituents is 1. The molecule has 2 aromatic heterocycles. The third-order valence-corrected chi connectivity index (χ3v) is 5.97. The van der Waals surface area contributed by atoms with E-state index in [0.717, 1.165) is 30.0 Å². The summed E-state index contributed by atoms with van der Waals surface area (Å²) in [5.41, 5.74) is 4.11. The standard InChI is InChI=1S/C26H25N5O3/c1-34-22-5-3-2-4-18(22)8-11-21-24-23(26(33)31-14-12-27-13-15-31)20(16-28-25(24)30-29-21)17-6-9-19(32)10-7-17/h2-11,16,27,32H,12-15H2,1H3,(H,28,29,30)/b11-8+. The normalized spacial score (nSPS) is 14.1. The first kappa shape index (κ1) is 21.7. The number of benzene rings is 2. The molecule has 0 atom stereocenters. The Bertz CT molecular complexity index is 1350. The zero-order chi connectivity index (χ0) is 23.5. The summed E-state index contributed by atoms with van der Waals surface area (Å²) in [6, 6.07) is 14.5. The number of phenols is 1. The molecule has 1 saturated heterocycles. The van der Waals surface area contributed by atoms with Crippen LogP contribution in [0.3, 0.4) is 0 Å². The van der Waals surface area contributed by atoms with Gasteiger partial charge >= 0.3 is 0 Å². The van der Waals surface area contributed by atoms with Crippen LogP contribution >= 0.6 is 0 Å². The van der Waals surface area contributed by atoms with E-state index in [1.165, 1.54) is 0 Å². The molecule has 8 heteroatoms. The van der Waals surface area contributed by atoms with E-state index < -0.39 is 0 Å². The van der Waals surface area contributed by atoms with Gasteiger partial charge in [0, 0.05) is 43.5 Å². The van der Waals surface area contributed by atoms with Crippen molar-refractivity contribution in [3.63, 3.8) is 0 Å². The zero-order valence-electron chi connectivity index (χ0n) is 18.8. The van der Waals surface area contributed by atoms with E-state index in [4.69, 9.17) is 4.74 Å². The molecule has 34 heavy (non-hydrogen) atoms. The predicted molar refractivity (Wildman–Crippen MR) is 132 cm³/mol. The molecule has 172 valence electrons. The van der Waals surface area contributed by atoms with Crippen molar-refractivity contribution in [1.29, 1.82) is 0 Å². The summed E-state index contributed by atoms with van der Waals surface area (Å²) in [7, 11) is 1.63. The lowest BCUT2D eigenvalue weighted by atomic mass is 9.96. The molecule has 5 rings (SSSR count). The highest BCUT2D eigenvalue weighted by Gasteiger charge is 2.26. The minimum atomic E-state index is -0.0645. The average molecular weight is 456 g/mol. The van der Waals surface area contributed by atoms with Crippen LogP contribution in [0.25, 0.3) is 34.3 Å². The van der Waals surface area contributed by atoms with Gasteiger partial charge in [0.15, 0.2) is 5.65 Å². The van der Waals surface area contributed by atoms with Crippen LogP contribution in [0, 0.1) is 0 Å². The summed E-state index contributed by atoms with van der Waals surface area (Å²) in [6.45, 7) is 2.75. The van der Waals surface area contributed by atoms with Crippen molar-refractivity contribution in [2.75, 3.05) is 33.3 Å². The molecule has 3 heterocycles. The molecule has 0 aliphatic carbocycles. The van der Waals surface area contributed by atoms with Crippen LogP contribution in [0.1, 0.15) is 21.6 Å². The molecule has 0 spiro atoms. The number of ether oxygens (including phenoxy) is 1. The van der Waals surface area contributed by atoms with Gasteiger partial charge in [-0.2, -0.15) is 5.10 Å². The maximum absolute atomic E-state index is 13.8. The van der Waals surface area contributed by atoms with E-state index in [0.29, 0.717) is 40.9 Å². The van der Waals surface area contributed by atoms with Gasteiger partial charge in [-0.15, -0.1) is 0 Å². The van der Waals surface area contributed by atoms with Crippen LogP contribution in [0.2, 0.25) is 0 Å². The summed E-state index contributed by atoms with van der Waals surface area (Å²) in [4.78, 5) is 20.2. The number of fused-ring (bicyclic) bond motifs is 1. The van der Waals surface area contributed by atoms with E-state index in [1.54, 1.807) is 37.6 Å². The molecule has 0 radical (unpaired) electrons. The van der Waals surface area contributed by atoms with Gasteiger partial charge in [-0.3, -0.25) is 9.89 Å². The quantitative estimate of drug-likeness (QED) is 0.425. The summed E-state index contributed by atoms with van der Waals surface area (Å²) in [5.74, 6) is 0.848. The van der Waals surface area contributed by atoms with Crippen molar-refractivity contribution in [3.05, 3.63) is 71.5 Å².